The number of nitro groups is 1. The number of esters is 1. The van der Waals surface area contributed by atoms with Gasteiger partial charge in [-0.1, -0.05) is 17.7 Å². The molecule has 0 aliphatic rings. The van der Waals surface area contributed by atoms with Crippen molar-refractivity contribution in [1.29, 1.82) is 0 Å². The third-order valence-corrected chi connectivity index (χ3v) is 4.86. The molecule has 0 saturated heterocycles. The summed E-state index contributed by atoms with van der Waals surface area (Å²) in [5.74, 6) is -2.45. The van der Waals surface area contributed by atoms with E-state index in [1.54, 1.807) is 18.3 Å². The maximum absolute atomic E-state index is 12.2. The molecule has 0 aliphatic carbocycles. The number of ether oxygens (including phenoxy) is 1. The van der Waals surface area contributed by atoms with Crippen molar-refractivity contribution in [2.45, 2.75) is 13.0 Å². The molecule has 0 fully saturated rings. The molecule has 0 spiro atoms. The van der Waals surface area contributed by atoms with Gasteiger partial charge in [0, 0.05) is 30.1 Å². The summed E-state index contributed by atoms with van der Waals surface area (Å²) in [4.78, 5) is 42.3. The van der Waals surface area contributed by atoms with E-state index in [-0.39, 0.29) is 29.3 Å². The Morgan fingerprint density at radius 2 is 1.91 bits per heavy atom. The van der Waals surface area contributed by atoms with Crippen LogP contribution in [0.2, 0.25) is 5.02 Å². The van der Waals surface area contributed by atoms with Gasteiger partial charge in [0.05, 0.1) is 21.0 Å². The molecule has 33 heavy (non-hydrogen) atoms. The summed E-state index contributed by atoms with van der Waals surface area (Å²) in [6, 6.07) is 12.0. The zero-order chi connectivity index (χ0) is 23.5. The lowest BCUT2D eigenvalue weighted by Crippen LogP contribution is -2.08. The fourth-order valence-corrected chi connectivity index (χ4v) is 3.28. The summed E-state index contributed by atoms with van der Waals surface area (Å²) < 4.78 is 10.5. The lowest BCUT2D eigenvalue weighted by atomic mass is 10.1. The predicted octanol–water partition coefficient (Wildman–Crippen LogP) is 4.43. The van der Waals surface area contributed by atoms with Gasteiger partial charge in [-0.25, -0.2) is 14.6 Å². The Morgan fingerprint density at radius 3 is 2.61 bits per heavy atom. The highest BCUT2D eigenvalue weighted by Crippen LogP contribution is 2.22. The Morgan fingerprint density at radius 1 is 1.15 bits per heavy atom. The molecule has 0 bridgehead atoms. The highest BCUT2D eigenvalue weighted by Gasteiger charge is 2.22. The topological polar surface area (TPSA) is 146 Å². The molecule has 4 rings (SSSR count). The lowest BCUT2D eigenvalue weighted by Gasteiger charge is -2.03. The molecular formula is C22H14ClN3O7. The number of carbonyl (C=O) groups excluding carboxylic acids is 1. The van der Waals surface area contributed by atoms with Crippen molar-refractivity contribution < 1.29 is 28.8 Å². The highest BCUT2D eigenvalue weighted by atomic mass is 35.5. The minimum Gasteiger partial charge on any atom is -0.475 e. The molecule has 1 N–H and O–H groups in total. The van der Waals surface area contributed by atoms with Crippen LogP contribution in [-0.2, 0) is 17.8 Å². The minimum absolute atomic E-state index is 0.0572. The standard InChI is InChI=1S/C22H14ClN3O7/c23-15-9-14-7-12(1-6-17(14)24-10-15)8-19-25-18(20(33-19)21(27)28)11-32-22(29)13-2-4-16(5-3-13)26(30)31/h1-7,9-10H,8,11H2,(H,27,28). The smallest absolute Gasteiger partial charge is 0.373 e. The molecule has 2 aromatic heterocycles. The van der Waals surface area contributed by atoms with Gasteiger partial charge in [0.1, 0.15) is 12.3 Å². The van der Waals surface area contributed by atoms with Crippen molar-refractivity contribution in [2.24, 2.45) is 0 Å². The van der Waals surface area contributed by atoms with E-state index < -0.39 is 29.2 Å². The molecule has 0 amide bonds. The predicted molar refractivity (Wildman–Crippen MR) is 115 cm³/mol. The Hall–Kier alpha value is -4.31. The van der Waals surface area contributed by atoms with Crippen LogP contribution in [0.5, 0.6) is 0 Å². The number of carboxylic acids is 1. The van der Waals surface area contributed by atoms with Crippen LogP contribution in [0.1, 0.15) is 38.1 Å². The third-order valence-electron chi connectivity index (χ3n) is 4.66. The lowest BCUT2D eigenvalue weighted by molar-refractivity contribution is -0.384. The van der Waals surface area contributed by atoms with Gasteiger partial charge in [0.15, 0.2) is 5.89 Å². The van der Waals surface area contributed by atoms with Crippen LogP contribution >= 0.6 is 11.6 Å². The second-order valence-corrected chi connectivity index (χ2v) is 7.36. The van der Waals surface area contributed by atoms with E-state index in [0.29, 0.717) is 5.02 Å². The summed E-state index contributed by atoms with van der Waals surface area (Å²) >= 11 is 5.99. The third kappa shape index (κ3) is 4.96. The number of fused-ring (bicyclic) bond motifs is 1. The monoisotopic (exact) mass is 467 g/mol. The van der Waals surface area contributed by atoms with Gasteiger partial charge in [-0.3, -0.25) is 15.1 Å². The number of oxazole rings is 1. The number of carboxylic acid groups (broad SMARTS) is 1. The van der Waals surface area contributed by atoms with Crippen LogP contribution < -0.4 is 0 Å². The fraction of sp³-hybridized carbons (Fsp3) is 0.0909. The van der Waals surface area contributed by atoms with Gasteiger partial charge >= 0.3 is 11.9 Å². The highest BCUT2D eigenvalue weighted by molar-refractivity contribution is 6.31. The first kappa shape index (κ1) is 21.9. The Balaban J connectivity index is 1.50. The molecule has 4 aromatic rings. The van der Waals surface area contributed by atoms with Crippen molar-refractivity contribution in [1.82, 2.24) is 9.97 Å². The summed E-state index contributed by atoms with van der Waals surface area (Å²) in [5.41, 5.74) is 1.38. The van der Waals surface area contributed by atoms with E-state index >= 15 is 0 Å². The number of aromatic nitrogens is 2. The zero-order valence-electron chi connectivity index (χ0n) is 16.7. The number of pyridine rings is 1. The van der Waals surface area contributed by atoms with Crippen molar-refractivity contribution in [3.63, 3.8) is 0 Å². The molecule has 0 atom stereocenters. The van der Waals surface area contributed by atoms with E-state index in [1.165, 1.54) is 24.3 Å². The van der Waals surface area contributed by atoms with Gasteiger partial charge in [-0.05, 0) is 35.9 Å². The van der Waals surface area contributed by atoms with Crippen molar-refractivity contribution in [2.75, 3.05) is 0 Å². The molecular weight excluding hydrogens is 454 g/mol. The van der Waals surface area contributed by atoms with E-state index in [2.05, 4.69) is 9.97 Å². The summed E-state index contributed by atoms with van der Waals surface area (Å²) in [6.07, 6.45) is 1.74. The average Bonchev–Trinajstić information content (AvgIpc) is 3.20. The minimum atomic E-state index is -1.36. The van der Waals surface area contributed by atoms with Gasteiger partial charge < -0.3 is 14.3 Å². The van der Waals surface area contributed by atoms with E-state index in [1.807, 2.05) is 12.1 Å². The van der Waals surface area contributed by atoms with Crippen LogP contribution in [0.3, 0.4) is 0 Å². The Bertz CT molecular complexity index is 1380. The van der Waals surface area contributed by atoms with Gasteiger partial charge in [0.2, 0.25) is 5.76 Å². The Labute approximate surface area is 190 Å². The molecule has 166 valence electrons. The number of benzene rings is 2. The van der Waals surface area contributed by atoms with E-state index in [0.717, 1.165) is 16.5 Å². The molecule has 0 aliphatic heterocycles. The van der Waals surface area contributed by atoms with Crippen LogP contribution in [-0.4, -0.2) is 31.9 Å². The van der Waals surface area contributed by atoms with Crippen molar-refractivity contribution >= 4 is 40.1 Å². The van der Waals surface area contributed by atoms with Crippen LogP contribution in [0.25, 0.3) is 10.9 Å². The SMILES string of the molecule is O=C(OCc1nc(Cc2ccc3ncc(Cl)cc3c2)oc1C(=O)O)c1ccc([N+](=O)[O-])cc1. The number of hydrogen-bond acceptors (Lipinski definition) is 8. The number of aromatic carboxylic acids is 1. The molecule has 10 nitrogen and oxygen atoms in total. The van der Waals surface area contributed by atoms with Crippen LogP contribution in [0.4, 0.5) is 5.69 Å². The maximum atomic E-state index is 12.2. The van der Waals surface area contributed by atoms with E-state index in [9.17, 15) is 24.8 Å². The Kier molecular flexibility index (Phi) is 6.01. The first-order valence-corrected chi connectivity index (χ1v) is 9.85. The molecule has 11 heteroatoms. The van der Waals surface area contributed by atoms with E-state index in [4.69, 9.17) is 20.8 Å². The second kappa shape index (κ2) is 9.05. The summed E-state index contributed by atoms with van der Waals surface area (Å²) in [6.45, 7) is -0.446. The van der Waals surface area contributed by atoms with Crippen molar-refractivity contribution in [3.05, 3.63) is 98.3 Å². The number of carbonyl (C=O) groups is 2. The molecule has 2 aromatic carbocycles. The number of non-ortho nitro benzene ring substituents is 1. The molecule has 0 saturated carbocycles. The maximum Gasteiger partial charge on any atom is 0.373 e. The molecule has 0 radical (unpaired) electrons. The van der Waals surface area contributed by atoms with Gasteiger partial charge in [-0.15, -0.1) is 0 Å². The second-order valence-electron chi connectivity index (χ2n) is 6.93. The number of nitro benzene ring substituents is 1. The summed E-state index contributed by atoms with van der Waals surface area (Å²) in [5, 5.41) is 21.4. The largest absolute Gasteiger partial charge is 0.475 e. The number of rotatable bonds is 7. The van der Waals surface area contributed by atoms with Crippen LogP contribution in [0, 0.1) is 10.1 Å². The van der Waals surface area contributed by atoms with Gasteiger partial charge in [-0.2, -0.15) is 0 Å². The average molecular weight is 468 g/mol. The zero-order valence-corrected chi connectivity index (χ0v) is 17.5. The first-order chi connectivity index (χ1) is 15.8. The number of hydrogen-bond donors (Lipinski definition) is 1. The molecule has 2 heterocycles. The normalized spacial score (nSPS) is 10.8. The van der Waals surface area contributed by atoms with Crippen LogP contribution in [0.15, 0.2) is 59.1 Å². The quantitative estimate of drug-likeness (QED) is 0.237. The summed E-state index contributed by atoms with van der Waals surface area (Å²) in [7, 11) is 0. The fourth-order valence-electron chi connectivity index (χ4n) is 3.12. The van der Waals surface area contributed by atoms with Gasteiger partial charge in [0.25, 0.3) is 5.69 Å². The number of halogens is 1. The first-order valence-electron chi connectivity index (χ1n) is 9.48. The van der Waals surface area contributed by atoms with Crippen molar-refractivity contribution in [3.8, 4) is 0 Å². The number of nitrogens with zero attached hydrogens (tertiary/aromatic N) is 3. The molecule has 0 unspecified atom stereocenters.